The zero-order valence-corrected chi connectivity index (χ0v) is 13.1. The summed E-state index contributed by atoms with van der Waals surface area (Å²) in [5.74, 6) is 0. The summed E-state index contributed by atoms with van der Waals surface area (Å²) in [6.45, 7) is 0.853. The smallest absolute Gasteiger partial charge is 0.244 e. The summed E-state index contributed by atoms with van der Waals surface area (Å²) in [7, 11) is -1.80. The Balaban J connectivity index is 1.81. The van der Waals surface area contributed by atoms with E-state index in [9.17, 15) is 13.5 Å². The number of piperidine rings is 1. The standard InChI is InChI=1S/C14H22N2O4S/c1-20-13-4-6-15(7-5-13)21(18,19)14-8-12(10-17)16(9-14)11-2-3-11/h8-9,11,13,17H,2-7,10H2,1H3. The maximum Gasteiger partial charge on any atom is 0.244 e. The number of rotatable bonds is 5. The van der Waals surface area contributed by atoms with Gasteiger partial charge in [-0.3, -0.25) is 0 Å². The van der Waals surface area contributed by atoms with Crippen molar-refractivity contribution in [1.82, 2.24) is 8.87 Å². The molecule has 1 saturated carbocycles. The summed E-state index contributed by atoms with van der Waals surface area (Å²) >= 11 is 0. The summed E-state index contributed by atoms with van der Waals surface area (Å²) in [4.78, 5) is 0.300. The van der Waals surface area contributed by atoms with Crippen LogP contribution >= 0.6 is 0 Å². The number of methoxy groups -OCH3 is 1. The van der Waals surface area contributed by atoms with Crippen LogP contribution in [0.4, 0.5) is 0 Å². The molecule has 0 spiro atoms. The third kappa shape index (κ3) is 2.88. The van der Waals surface area contributed by atoms with E-state index in [1.165, 1.54) is 4.31 Å². The quantitative estimate of drug-likeness (QED) is 0.884. The normalized spacial score (nSPS) is 21.8. The minimum atomic E-state index is -3.47. The van der Waals surface area contributed by atoms with Gasteiger partial charge in [0, 0.05) is 38.1 Å². The average molecular weight is 314 g/mol. The first kappa shape index (κ1) is 15.0. The van der Waals surface area contributed by atoms with Crippen LogP contribution in [0, 0.1) is 0 Å². The van der Waals surface area contributed by atoms with Gasteiger partial charge in [-0.1, -0.05) is 0 Å². The second-order valence-corrected chi connectivity index (χ2v) is 7.74. The number of sulfonamides is 1. The molecule has 7 heteroatoms. The van der Waals surface area contributed by atoms with Crippen LogP contribution in [0.25, 0.3) is 0 Å². The van der Waals surface area contributed by atoms with E-state index < -0.39 is 10.0 Å². The van der Waals surface area contributed by atoms with E-state index >= 15 is 0 Å². The van der Waals surface area contributed by atoms with Crippen molar-refractivity contribution in [2.45, 2.75) is 49.3 Å². The summed E-state index contributed by atoms with van der Waals surface area (Å²) in [6, 6.07) is 1.96. The van der Waals surface area contributed by atoms with Crippen molar-refractivity contribution >= 4 is 10.0 Å². The molecule has 2 heterocycles. The molecule has 118 valence electrons. The molecule has 3 rings (SSSR count). The van der Waals surface area contributed by atoms with Crippen molar-refractivity contribution < 1.29 is 18.3 Å². The highest BCUT2D eigenvalue weighted by molar-refractivity contribution is 7.89. The fourth-order valence-electron chi connectivity index (χ4n) is 2.91. The first-order chi connectivity index (χ1) is 10.1. The summed E-state index contributed by atoms with van der Waals surface area (Å²) in [5.41, 5.74) is 0.683. The number of hydrogen-bond acceptors (Lipinski definition) is 4. The Bertz CT molecular complexity index is 598. The lowest BCUT2D eigenvalue weighted by Gasteiger charge is -2.30. The molecule has 1 aliphatic heterocycles. The Morgan fingerprint density at radius 2 is 1.95 bits per heavy atom. The first-order valence-corrected chi connectivity index (χ1v) is 8.85. The number of hydrogen-bond donors (Lipinski definition) is 1. The molecule has 1 aromatic heterocycles. The van der Waals surface area contributed by atoms with Gasteiger partial charge in [0.15, 0.2) is 0 Å². The SMILES string of the molecule is COC1CCN(S(=O)(=O)c2cc(CO)n(C3CC3)c2)CC1. The minimum Gasteiger partial charge on any atom is -0.390 e. The first-order valence-electron chi connectivity index (χ1n) is 7.41. The molecule has 2 aliphatic rings. The molecule has 0 bridgehead atoms. The lowest BCUT2D eigenvalue weighted by molar-refractivity contribution is 0.0604. The van der Waals surface area contributed by atoms with Crippen LogP contribution in [0.15, 0.2) is 17.2 Å². The second kappa shape index (κ2) is 5.72. The Morgan fingerprint density at radius 1 is 1.29 bits per heavy atom. The Morgan fingerprint density at radius 3 is 2.48 bits per heavy atom. The molecule has 0 aromatic carbocycles. The van der Waals surface area contributed by atoms with E-state index in [-0.39, 0.29) is 12.7 Å². The summed E-state index contributed by atoms with van der Waals surface area (Å²) in [6.07, 6.45) is 5.40. The molecule has 0 unspecified atom stereocenters. The molecule has 1 N–H and O–H groups in total. The Kier molecular flexibility index (Phi) is 4.09. The Labute approximate surface area is 125 Å². The molecule has 1 aromatic rings. The number of aliphatic hydroxyl groups is 1. The average Bonchev–Trinajstić information content (AvgIpc) is 3.25. The highest BCUT2D eigenvalue weighted by atomic mass is 32.2. The van der Waals surface area contributed by atoms with Gasteiger partial charge in [0.2, 0.25) is 10.0 Å². The third-order valence-electron chi connectivity index (χ3n) is 4.38. The molecule has 1 aliphatic carbocycles. The molecule has 21 heavy (non-hydrogen) atoms. The molecular formula is C14H22N2O4S. The summed E-state index contributed by atoms with van der Waals surface area (Å²) in [5, 5.41) is 9.41. The van der Waals surface area contributed by atoms with Gasteiger partial charge in [0.05, 0.1) is 12.7 Å². The van der Waals surface area contributed by atoms with Gasteiger partial charge in [-0.15, -0.1) is 0 Å². The van der Waals surface area contributed by atoms with Crippen LogP contribution in [0.2, 0.25) is 0 Å². The molecule has 0 atom stereocenters. The zero-order valence-electron chi connectivity index (χ0n) is 12.2. The van der Waals surface area contributed by atoms with E-state index in [0.29, 0.717) is 29.7 Å². The van der Waals surface area contributed by atoms with Gasteiger partial charge in [0.25, 0.3) is 0 Å². The van der Waals surface area contributed by atoms with Crippen LogP contribution in [0.5, 0.6) is 0 Å². The highest BCUT2D eigenvalue weighted by Crippen LogP contribution is 2.37. The van der Waals surface area contributed by atoms with E-state index in [1.807, 2.05) is 4.57 Å². The van der Waals surface area contributed by atoms with Gasteiger partial charge >= 0.3 is 0 Å². The van der Waals surface area contributed by atoms with E-state index in [2.05, 4.69) is 0 Å². The van der Waals surface area contributed by atoms with E-state index in [1.54, 1.807) is 19.4 Å². The number of ether oxygens (including phenoxy) is 1. The van der Waals surface area contributed by atoms with Crippen molar-refractivity contribution in [1.29, 1.82) is 0 Å². The van der Waals surface area contributed by atoms with Gasteiger partial charge < -0.3 is 14.4 Å². The van der Waals surface area contributed by atoms with Crippen LogP contribution in [0.3, 0.4) is 0 Å². The molecule has 0 amide bonds. The van der Waals surface area contributed by atoms with Gasteiger partial charge in [0.1, 0.15) is 4.90 Å². The van der Waals surface area contributed by atoms with Crippen LogP contribution < -0.4 is 0 Å². The number of nitrogens with zero attached hydrogens (tertiary/aromatic N) is 2. The van der Waals surface area contributed by atoms with E-state index in [0.717, 1.165) is 25.7 Å². The monoisotopic (exact) mass is 314 g/mol. The lowest BCUT2D eigenvalue weighted by Crippen LogP contribution is -2.40. The van der Waals surface area contributed by atoms with Crippen molar-refractivity contribution in [3.63, 3.8) is 0 Å². The number of aromatic nitrogens is 1. The zero-order chi connectivity index (χ0) is 15.0. The van der Waals surface area contributed by atoms with Crippen LogP contribution in [0.1, 0.15) is 37.4 Å². The maximum atomic E-state index is 12.7. The lowest BCUT2D eigenvalue weighted by atomic mass is 10.1. The largest absolute Gasteiger partial charge is 0.390 e. The highest BCUT2D eigenvalue weighted by Gasteiger charge is 2.32. The predicted octanol–water partition coefficient (Wildman–Crippen LogP) is 1.11. The van der Waals surface area contributed by atoms with Crippen molar-refractivity contribution in [3.05, 3.63) is 18.0 Å². The molecule has 0 radical (unpaired) electrons. The third-order valence-corrected chi connectivity index (χ3v) is 6.25. The number of aliphatic hydroxyl groups excluding tert-OH is 1. The van der Waals surface area contributed by atoms with Gasteiger partial charge in [-0.25, -0.2) is 8.42 Å². The molecule has 6 nitrogen and oxygen atoms in total. The molecular weight excluding hydrogens is 292 g/mol. The predicted molar refractivity (Wildman–Crippen MR) is 77.4 cm³/mol. The Hall–Kier alpha value is -0.890. The topological polar surface area (TPSA) is 71.8 Å². The van der Waals surface area contributed by atoms with Crippen molar-refractivity contribution in [3.8, 4) is 0 Å². The molecule has 2 fully saturated rings. The van der Waals surface area contributed by atoms with Gasteiger partial charge in [-0.05, 0) is 31.7 Å². The fraction of sp³-hybridized carbons (Fsp3) is 0.714. The maximum absolute atomic E-state index is 12.7. The van der Waals surface area contributed by atoms with Crippen LogP contribution in [-0.2, 0) is 21.4 Å². The second-order valence-electron chi connectivity index (χ2n) is 5.80. The van der Waals surface area contributed by atoms with Gasteiger partial charge in [-0.2, -0.15) is 4.31 Å². The molecule has 1 saturated heterocycles. The van der Waals surface area contributed by atoms with Crippen molar-refractivity contribution in [2.75, 3.05) is 20.2 Å². The van der Waals surface area contributed by atoms with Crippen LogP contribution in [-0.4, -0.2) is 48.7 Å². The summed E-state index contributed by atoms with van der Waals surface area (Å²) < 4.78 is 34.1. The van der Waals surface area contributed by atoms with Crippen molar-refractivity contribution in [2.24, 2.45) is 0 Å². The van der Waals surface area contributed by atoms with E-state index in [4.69, 9.17) is 4.74 Å². The minimum absolute atomic E-state index is 0.127. The fourth-order valence-corrected chi connectivity index (χ4v) is 4.44.